The first-order valence-corrected chi connectivity index (χ1v) is 5.62. The summed E-state index contributed by atoms with van der Waals surface area (Å²) < 4.78 is 4.98. The van der Waals surface area contributed by atoms with Crippen molar-refractivity contribution in [3.63, 3.8) is 0 Å². The van der Waals surface area contributed by atoms with E-state index >= 15 is 0 Å². The minimum Gasteiger partial charge on any atom is -0.383 e. The van der Waals surface area contributed by atoms with E-state index < -0.39 is 0 Å². The van der Waals surface area contributed by atoms with Gasteiger partial charge in [-0.15, -0.1) is 0 Å². The van der Waals surface area contributed by atoms with Crippen molar-refractivity contribution in [1.29, 1.82) is 0 Å². The third kappa shape index (κ3) is 4.18. The number of carbonyl (C=O) groups excluding carboxylic acids is 1. The standard InChI is InChI=1S/C11H22N2O2/c1-9(2)6-12-11(14)10-7-13(8-10)4-5-15-3/h9-10H,4-8H2,1-3H3,(H,12,14). The van der Waals surface area contributed by atoms with Crippen LogP contribution in [0.1, 0.15) is 13.8 Å². The number of nitrogens with zero attached hydrogens (tertiary/aromatic N) is 1. The van der Waals surface area contributed by atoms with E-state index in [0.717, 1.165) is 32.8 Å². The fourth-order valence-corrected chi connectivity index (χ4v) is 1.59. The predicted octanol–water partition coefficient (Wildman–Crippen LogP) is 0.337. The van der Waals surface area contributed by atoms with Crippen LogP contribution in [0.2, 0.25) is 0 Å². The molecule has 1 fully saturated rings. The molecule has 88 valence electrons. The summed E-state index contributed by atoms with van der Waals surface area (Å²) in [6.45, 7) is 8.44. The van der Waals surface area contributed by atoms with Gasteiger partial charge in [-0.1, -0.05) is 13.8 Å². The second-order valence-electron chi connectivity index (χ2n) is 4.59. The number of rotatable bonds is 6. The van der Waals surface area contributed by atoms with Crippen LogP contribution in [-0.4, -0.2) is 50.7 Å². The summed E-state index contributed by atoms with van der Waals surface area (Å²) in [7, 11) is 1.70. The molecule has 0 unspecified atom stereocenters. The van der Waals surface area contributed by atoms with E-state index in [2.05, 4.69) is 24.1 Å². The van der Waals surface area contributed by atoms with Crippen LogP contribution in [0.3, 0.4) is 0 Å². The summed E-state index contributed by atoms with van der Waals surface area (Å²) >= 11 is 0. The minimum atomic E-state index is 0.195. The van der Waals surface area contributed by atoms with Gasteiger partial charge >= 0.3 is 0 Å². The maximum Gasteiger partial charge on any atom is 0.225 e. The molecule has 1 amide bonds. The molecule has 0 atom stereocenters. The highest BCUT2D eigenvalue weighted by atomic mass is 16.5. The average Bonchev–Trinajstić information content (AvgIpc) is 2.12. The third-order valence-corrected chi connectivity index (χ3v) is 2.62. The second-order valence-corrected chi connectivity index (χ2v) is 4.59. The van der Waals surface area contributed by atoms with E-state index in [1.807, 2.05) is 0 Å². The van der Waals surface area contributed by atoms with Crippen LogP contribution >= 0.6 is 0 Å². The molecule has 0 radical (unpaired) electrons. The van der Waals surface area contributed by atoms with E-state index in [1.165, 1.54) is 0 Å². The van der Waals surface area contributed by atoms with E-state index in [0.29, 0.717) is 5.92 Å². The molecule has 15 heavy (non-hydrogen) atoms. The molecule has 1 saturated heterocycles. The average molecular weight is 214 g/mol. The smallest absolute Gasteiger partial charge is 0.225 e. The van der Waals surface area contributed by atoms with Crippen LogP contribution in [0.4, 0.5) is 0 Å². The Hall–Kier alpha value is -0.610. The Bertz CT molecular complexity index is 201. The maximum atomic E-state index is 11.6. The Morgan fingerprint density at radius 2 is 2.20 bits per heavy atom. The molecule has 0 aromatic heterocycles. The van der Waals surface area contributed by atoms with Crippen molar-refractivity contribution in [2.75, 3.05) is 39.9 Å². The van der Waals surface area contributed by atoms with Gasteiger partial charge in [0.15, 0.2) is 0 Å². The summed E-state index contributed by atoms with van der Waals surface area (Å²) in [4.78, 5) is 13.8. The first kappa shape index (κ1) is 12.5. The Morgan fingerprint density at radius 3 is 2.73 bits per heavy atom. The molecule has 0 aromatic carbocycles. The monoisotopic (exact) mass is 214 g/mol. The van der Waals surface area contributed by atoms with Crippen LogP contribution in [0.25, 0.3) is 0 Å². The fourth-order valence-electron chi connectivity index (χ4n) is 1.59. The van der Waals surface area contributed by atoms with Gasteiger partial charge in [0, 0.05) is 33.3 Å². The zero-order chi connectivity index (χ0) is 11.3. The molecular weight excluding hydrogens is 192 g/mol. The van der Waals surface area contributed by atoms with Gasteiger partial charge < -0.3 is 10.1 Å². The first-order valence-electron chi connectivity index (χ1n) is 5.62. The minimum absolute atomic E-state index is 0.195. The molecule has 1 N–H and O–H groups in total. The highest BCUT2D eigenvalue weighted by Crippen LogP contribution is 2.14. The van der Waals surface area contributed by atoms with Crippen molar-refractivity contribution in [3.8, 4) is 0 Å². The molecule has 0 bridgehead atoms. The molecule has 1 heterocycles. The van der Waals surface area contributed by atoms with Crippen molar-refractivity contribution in [1.82, 2.24) is 10.2 Å². The number of nitrogens with one attached hydrogen (secondary N) is 1. The van der Waals surface area contributed by atoms with Gasteiger partial charge in [-0.2, -0.15) is 0 Å². The molecule has 0 spiro atoms. The number of amides is 1. The summed E-state index contributed by atoms with van der Waals surface area (Å²) in [6, 6.07) is 0. The molecular formula is C11H22N2O2. The van der Waals surface area contributed by atoms with Gasteiger partial charge in [-0.25, -0.2) is 0 Å². The van der Waals surface area contributed by atoms with E-state index in [4.69, 9.17) is 4.74 Å². The zero-order valence-corrected chi connectivity index (χ0v) is 9.95. The van der Waals surface area contributed by atoms with E-state index in [-0.39, 0.29) is 11.8 Å². The molecule has 1 aliphatic rings. The van der Waals surface area contributed by atoms with Crippen LogP contribution < -0.4 is 5.32 Å². The zero-order valence-electron chi connectivity index (χ0n) is 9.95. The van der Waals surface area contributed by atoms with E-state index in [1.54, 1.807) is 7.11 Å². The first-order chi connectivity index (χ1) is 7.13. The molecule has 0 aromatic rings. The molecule has 4 nitrogen and oxygen atoms in total. The predicted molar refractivity (Wildman–Crippen MR) is 59.7 cm³/mol. The molecule has 0 aliphatic carbocycles. The van der Waals surface area contributed by atoms with Gasteiger partial charge in [-0.3, -0.25) is 9.69 Å². The largest absolute Gasteiger partial charge is 0.383 e. The number of methoxy groups -OCH3 is 1. The van der Waals surface area contributed by atoms with Gasteiger partial charge in [0.1, 0.15) is 0 Å². The Morgan fingerprint density at radius 1 is 1.53 bits per heavy atom. The summed E-state index contributed by atoms with van der Waals surface area (Å²) in [5, 5.41) is 2.96. The van der Waals surface area contributed by atoms with Crippen molar-refractivity contribution >= 4 is 5.91 Å². The van der Waals surface area contributed by atoms with Crippen molar-refractivity contribution < 1.29 is 9.53 Å². The van der Waals surface area contributed by atoms with Crippen LogP contribution in [0, 0.1) is 11.8 Å². The topological polar surface area (TPSA) is 41.6 Å². The van der Waals surface area contributed by atoms with Gasteiger partial charge in [0.05, 0.1) is 12.5 Å². The maximum absolute atomic E-state index is 11.6. The number of hydrogen-bond donors (Lipinski definition) is 1. The second kappa shape index (κ2) is 6.08. The lowest BCUT2D eigenvalue weighted by molar-refractivity contribution is -0.130. The molecule has 0 saturated carbocycles. The summed E-state index contributed by atoms with van der Waals surface area (Å²) in [5.74, 6) is 0.927. The normalized spacial score (nSPS) is 17.9. The van der Waals surface area contributed by atoms with Gasteiger partial charge in [0.25, 0.3) is 0 Å². The van der Waals surface area contributed by atoms with E-state index in [9.17, 15) is 4.79 Å². The SMILES string of the molecule is COCCN1CC(C(=O)NCC(C)C)C1. The molecule has 4 heteroatoms. The Labute approximate surface area is 92.0 Å². The third-order valence-electron chi connectivity index (χ3n) is 2.62. The molecule has 1 aliphatic heterocycles. The highest BCUT2D eigenvalue weighted by molar-refractivity contribution is 5.79. The van der Waals surface area contributed by atoms with Crippen LogP contribution in [0.5, 0.6) is 0 Å². The lowest BCUT2D eigenvalue weighted by atomic mass is 9.99. The van der Waals surface area contributed by atoms with Crippen molar-refractivity contribution in [2.45, 2.75) is 13.8 Å². The number of likely N-dealkylation sites (tertiary alicyclic amines) is 1. The lowest BCUT2D eigenvalue weighted by Gasteiger charge is -2.38. The summed E-state index contributed by atoms with van der Waals surface area (Å²) in [5.41, 5.74) is 0. The highest BCUT2D eigenvalue weighted by Gasteiger charge is 2.31. The number of ether oxygens (including phenoxy) is 1. The molecule has 1 rings (SSSR count). The van der Waals surface area contributed by atoms with Crippen molar-refractivity contribution in [2.24, 2.45) is 11.8 Å². The lowest BCUT2D eigenvalue weighted by Crippen LogP contribution is -2.54. The Balaban J connectivity index is 2.07. The van der Waals surface area contributed by atoms with Crippen LogP contribution in [0.15, 0.2) is 0 Å². The fraction of sp³-hybridized carbons (Fsp3) is 0.909. The Kier molecular flexibility index (Phi) is 5.05. The number of hydrogen-bond acceptors (Lipinski definition) is 3. The summed E-state index contributed by atoms with van der Waals surface area (Å²) in [6.07, 6.45) is 0. The van der Waals surface area contributed by atoms with Gasteiger partial charge in [0.2, 0.25) is 5.91 Å². The van der Waals surface area contributed by atoms with Crippen molar-refractivity contribution in [3.05, 3.63) is 0 Å². The van der Waals surface area contributed by atoms with Crippen LogP contribution in [-0.2, 0) is 9.53 Å². The van der Waals surface area contributed by atoms with Gasteiger partial charge in [-0.05, 0) is 5.92 Å². The quantitative estimate of drug-likeness (QED) is 0.693. The number of carbonyl (C=O) groups is 1.